The van der Waals surface area contributed by atoms with Gasteiger partial charge >= 0.3 is 0 Å². The molecule has 0 spiro atoms. The third-order valence-corrected chi connectivity index (χ3v) is 4.25. The average Bonchev–Trinajstić information content (AvgIpc) is 2.79. The minimum Gasteiger partial charge on any atom is -0.370 e. The summed E-state index contributed by atoms with van der Waals surface area (Å²) >= 11 is 0. The van der Waals surface area contributed by atoms with E-state index >= 15 is 0 Å². The Bertz CT molecular complexity index is 724. The highest BCUT2D eigenvalue weighted by molar-refractivity contribution is 7.92. The summed E-state index contributed by atoms with van der Waals surface area (Å²) in [5.74, 6) is 0.530. The minimum atomic E-state index is -3.66. The monoisotopic (exact) mass is 309 g/mol. The van der Waals surface area contributed by atoms with Crippen molar-refractivity contribution in [1.82, 2.24) is 14.8 Å². The van der Waals surface area contributed by atoms with Crippen LogP contribution >= 0.6 is 0 Å². The molecule has 0 amide bonds. The molecule has 0 saturated heterocycles. The average molecular weight is 309 g/mol. The summed E-state index contributed by atoms with van der Waals surface area (Å²) in [5, 5.41) is 7.21. The fourth-order valence-corrected chi connectivity index (χ4v) is 3.03. The third-order valence-electron chi connectivity index (χ3n) is 2.88. The SMILES string of the molecule is CCNc1cc(S(=O)(=O)Nc2cn(C)nc2CC)ccn1. The number of rotatable bonds is 6. The molecule has 7 nitrogen and oxygen atoms in total. The second-order valence-electron chi connectivity index (χ2n) is 4.53. The molecule has 21 heavy (non-hydrogen) atoms. The van der Waals surface area contributed by atoms with E-state index in [0.717, 1.165) is 0 Å². The van der Waals surface area contributed by atoms with Crippen molar-refractivity contribution >= 4 is 21.5 Å². The smallest absolute Gasteiger partial charge is 0.262 e. The first-order valence-electron chi connectivity index (χ1n) is 6.71. The summed E-state index contributed by atoms with van der Waals surface area (Å²) in [6.45, 7) is 4.52. The van der Waals surface area contributed by atoms with E-state index in [0.29, 0.717) is 30.2 Å². The molecule has 0 aliphatic carbocycles. The fraction of sp³-hybridized carbons (Fsp3) is 0.385. The third kappa shape index (κ3) is 3.52. The highest BCUT2D eigenvalue weighted by Crippen LogP contribution is 2.20. The Morgan fingerprint density at radius 1 is 1.33 bits per heavy atom. The van der Waals surface area contributed by atoms with Gasteiger partial charge in [-0.25, -0.2) is 13.4 Å². The zero-order chi connectivity index (χ0) is 15.5. The quantitative estimate of drug-likeness (QED) is 0.846. The van der Waals surface area contributed by atoms with Crippen molar-refractivity contribution in [3.05, 3.63) is 30.2 Å². The van der Waals surface area contributed by atoms with Crippen molar-refractivity contribution in [2.75, 3.05) is 16.6 Å². The van der Waals surface area contributed by atoms with Gasteiger partial charge in [0.2, 0.25) is 0 Å². The molecule has 8 heteroatoms. The molecule has 0 fully saturated rings. The van der Waals surface area contributed by atoms with Gasteiger partial charge in [-0.3, -0.25) is 9.40 Å². The van der Waals surface area contributed by atoms with E-state index in [9.17, 15) is 8.42 Å². The highest BCUT2D eigenvalue weighted by Gasteiger charge is 2.18. The summed E-state index contributed by atoms with van der Waals surface area (Å²) in [6, 6.07) is 2.97. The normalized spacial score (nSPS) is 11.4. The number of hydrogen-bond donors (Lipinski definition) is 2. The number of hydrogen-bond acceptors (Lipinski definition) is 5. The number of nitrogens with zero attached hydrogens (tertiary/aromatic N) is 3. The molecule has 0 saturated carbocycles. The van der Waals surface area contributed by atoms with E-state index in [1.165, 1.54) is 18.3 Å². The van der Waals surface area contributed by atoms with Crippen LogP contribution < -0.4 is 10.0 Å². The molecule has 114 valence electrons. The van der Waals surface area contributed by atoms with Gasteiger partial charge in [0.25, 0.3) is 10.0 Å². The largest absolute Gasteiger partial charge is 0.370 e. The van der Waals surface area contributed by atoms with Gasteiger partial charge in [0.05, 0.1) is 16.3 Å². The van der Waals surface area contributed by atoms with Gasteiger partial charge in [0, 0.05) is 32.1 Å². The van der Waals surface area contributed by atoms with Gasteiger partial charge in [-0.15, -0.1) is 0 Å². The van der Waals surface area contributed by atoms with Crippen LogP contribution in [0.4, 0.5) is 11.5 Å². The van der Waals surface area contributed by atoms with Crippen LogP contribution in [0.2, 0.25) is 0 Å². The second kappa shape index (κ2) is 6.13. The number of pyridine rings is 1. The van der Waals surface area contributed by atoms with Crippen LogP contribution in [0, 0.1) is 0 Å². The van der Waals surface area contributed by atoms with Crippen molar-refractivity contribution in [2.24, 2.45) is 7.05 Å². The molecule has 0 radical (unpaired) electrons. The van der Waals surface area contributed by atoms with Crippen LogP contribution in [0.15, 0.2) is 29.4 Å². The molecule has 0 unspecified atom stereocenters. The number of nitrogens with one attached hydrogen (secondary N) is 2. The minimum absolute atomic E-state index is 0.166. The van der Waals surface area contributed by atoms with Crippen molar-refractivity contribution in [3.63, 3.8) is 0 Å². The summed E-state index contributed by atoms with van der Waals surface area (Å²) in [6.07, 6.45) is 3.77. The summed E-state index contributed by atoms with van der Waals surface area (Å²) in [5.41, 5.74) is 1.21. The van der Waals surface area contributed by atoms with Crippen LogP contribution in [0.5, 0.6) is 0 Å². The lowest BCUT2D eigenvalue weighted by molar-refractivity contribution is 0.601. The molecule has 0 aliphatic rings. The Morgan fingerprint density at radius 2 is 2.10 bits per heavy atom. The van der Waals surface area contributed by atoms with Gasteiger partial charge in [-0.1, -0.05) is 6.92 Å². The van der Waals surface area contributed by atoms with Crippen LogP contribution in [0.25, 0.3) is 0 Å². The highest BCUT2D eigenvalue weighted by atomic mass is 32.2. The van der Waals surface area contributed by atoms with Crippen LogP contribution in [-0.4, -0.2) is 29.7 Å². The lowest BCUT2D eigenvalue weighted by Crippen LogP contribution is -2.14. The van der Waals surface area contributed by atoms with Gasteiger partial charge < -0.3 is 5.32 Å². The molecule has 2 aromatic rings. The van der Waals surface area contributed by atoms with E-state index in [-0.39, 0.29) is 4.90 Å². The number of aromatic nitrogens is 3. The first kappa shape index (κ1) is 15.3. The maximum Gasteiger partial charge on any atom is 0.262 e. The Morgan fingerprint density at radius 3 is 2.76 bits per heavy atom. The first-order valence-corrected chi connectivity index (χ1v) is 8.19. The topological polar surface area (TPSA) is 88.9 Å². The molecule has 2 N–H and O–H groups in total. The summed E-state index contributed by atoms with van der Waals surface area (Å²) in [7, 11) is -1.90. The maximum atomic E-state index is 12.4. The van der Waals surface area contributed by atoms with Crippen LogP contribution in [0.3, 0.4) is 0 Å². The zero-order valence-corrected chi connectivity index (χ0v) is 13.1. The Balaban J connectivity index is 2.31. The van der Waals surface area contributed by atoms with E-state index in [1.807, 2.05) is 13.8 Å². The molecule has 2 heterocycles. The van der Waals surface area contributed by atoms with Gasteiger partial charge in [-0.05, 0) is 19.4 Å². The van der Waals surface area contributed by atoms with Crippen molar-refractivity contribution < 1.29 is 8.42 Å². The second-order valence-corrected chi connectivity index (χ2v) is 6.21. The Kier molecular flexibility index (Phi) is 4.46. The standard InChI is InChI=1S/C13H19N5O2S/c1-4-11-12(9-18(3)16-11)17-21(19,20)10-6-7-15-13(8-10)14-5-2/h6-9,17H,4-5H2,1-3H3,(H,14,15). The molecule has 0 bridgehead atoms. The van der Waals surface area contributed by atoms with Crippen molar-refractivity contribution in [3.8, 4) is 0 Å². The van der Waals surface area contributed by atoms with Crippen LogP contribution in [0.1, 0.15) is 19.5 Å². The van der Waals surface area contributed by atoms with Crippen molar-refractivity contribution in [1.29, 1.82) is 0 Å². The van der Waals surface area contributed by atoms with E-state index in [1.54, 1.807) is 17.9 Å². The van der Waals surface area contributed by atoms with Gasteiger partial charge in [-0.2, -0.15) is 5.10 Å². The first-order chi connectivity index (χ1) is 9.96. The molecule has 0 atom stereocenters. The van der Waals surface area contributed by atoms with Crippen molar-refractivity contribution in [2.45, 2.75) is 25.2 Å². The van der Waals surface area contributed by atoms with Gasteiger partial charge in [0.1, 0.15) is 5.82 Å². The lowest BCUT2D eigenvalue weighted by atomic mass is 10.3. The maximum absolute atomic E-state index is 12.4. The summed E-state index contributed by atoms with van der Waals surface area (Å²) < 4.78 is 29.0. The van der Waals surface area contributed by atoms with E-state index in [4.69, 9.17) is 0 Å². The fourth-order valence-electron chi connectivity index (χ4n) is 1.94. The summed E-state index contributed by atoms with van der Waals surface area (Å²) in [4.78, 5) is 4.23. The molecular weight excluding hydrogens is 290 g/mol. The molecular formula is C13H19N5O2S. The number of aryl methyl sites for hydroxylation is 2. The van der Waals surface area contributed by atoms with E-state index < -0.39 is 10.0 Å². The molecule has 0 aromatic carbocycles. The van der Waals surface area contributed by atoms with Gasteiger partial charge in [0.15, 0.2) is 0 Å². The molecule has 2 rings (SSSR count). The molecule has 2 aromatic heterocycles. The lowest BCUT2D eigenvalue weighted by Gasteiger charge is -2.09. The zero-order valence-electron chi connectivity index (χ0n) is 12.3. The Labute approximate surface area is 124 Å². The van der Waals surface area contributed by atoms with E-state index in [2.05, 4.69) is 20.1 Å². The van der Waals surface area contributed by atoms with Crippen LogP contribution in [-0.2, 0) is 23.5 Å². The predicted octanol–water partition coefficient (Wildman–Crippen LogP) is 1.61. The predicted molar refractivity (Wildman–Crippen MR) is 81.8 cm³/mol. The molecule has 0 aliphatic heterocycles. The Hall–Kier alpha value is -2.09. The number of sulfonamides is 1. The number of anilines is 2.